The van der Waals surface area contributed by atoms with Crippen LogP contribution in [0.5, 0.6) is 0 Å². The fourth-order valence-corrected chi connectivity index (χ4v) is 2.14. The highest BCUT2D eigenvalue weighted by Gasteiger charge is 2.12. The number of nitrogens with one attached hydrogen (secondary N) is 1. The Morgan fingerprint density at radius 1 is 1.21 bits per heavy atom. The van der Waals surface area contributed by atoms with Crippen molar-refractivity contribution in [2.45, 2.75) is 13.8 Å². The lowest BCUT2D eigenvalue weighted by Crippen LogP contribution is -2.04. The molecule has 4 heteroatoms. The second kappa shape index (κ2) is 5.33. The van der Waals surface area contributed by atoms with Crippen LogP contribution in [0.15, 0.2) is 36.4 Å². The van der Waals surface area contributed by atoms with Crippen LogP contribution in [0.1, 0.15) is 21.5 Å². The smallest absolute Gasteiger partial charge is 0.337 e. The fraction of sp³-hybridized carbons (Fsp3) is 0.133. The number of rotatable bonds is 3. The minimum Gasteiger partial charge on any atom is -0.478 e. The number of carbonyl (C=O) groups is 1. The molecule has 0 radical (unpaired) electrons. The Bertz CT molecular complexity index is 618. The molecule has 19 heavy (non-hydrogen) atoms. The van der Waals surface area contributed by atoms with Gasteiger partial charge >= 0.3 is 5.97 Å². The molecule has 0 heterocycles. The molecule has 0 atom stereocenters. The number of aromatic carboxylic acids is 1. The Morgan fingerprint density at radius 2 is 1.95 bits per heavy atom. The van der Waals surface area contributed by atoms with Crippen molar-refractivity contribution in [1.29, 1.82) is 0 Å². The van der Waals surface area contributed by atoms with Crippen molar-refractivity contribution in [2.24, 2.45) is 0 Å². The van der Waals surface area contributed by atoms with Crippen molar-refractivity contribution >= 4 is 28.9 Å². The molecule has 0 aliphatic carbocycles. The van der Waals surface area contributed by atoms with Crippen LogP contribution >= 0.6 is 11.6 Å². The molecule has 98 valence electrons. The van der Waals surface area contributed by atoms with Gasteiger partial charge in [0, 0.05) is 0 Å². The second-order valence-electron chi connectivity index (χ2n) is 4.41. The quantitative estimate of drug-likeness (QED) is 0.873. The summed E-state index contributed by atoms with van der Waals surface area (Å²) in [5, 5.41) is 12.9. The molecule has 3 nitrogen and oxygen atoms in total. The highest BCUT2D eigenvalue weighted by molar-refractivity contribution is 6.33. The number of aryl methyl sites for hydroxylation is 2. The van der Waals surface area contributed by atoms with Gasteiger partial charge in [0.2, 0.25) is 0 Å². The number of hydrogen-bond acceptors (Lipinski definition) is 2. The third-order valence-electron chi connectivity index (χ3n) is 2.89. The van der Waals surface area contributed by atoms with Crippen molar-refractivity contribution in [2.75, 3.05) is 5.32 Å². The molecule has 0 unspecified atom stereocenters. The summed E-state index contributed by atoms with van der Waals surface area (Å²) < 4.78 is 0. The van der Waals surface area contributed by atoms with Gasteiger partial charge in [0.15, 0.2) is 0 Å². The monoisotopic (exact) mass is 275 g/mol. The highest BCUT2D eigenvalue weighted by Crippen LogP contribution is 2.30. The predicted octanol–water partition coefficient (Wildman–Crippen LogP) is 4.40. The van der Waals surface area contributed by atoms with E-state index >= 15 is 0 Å². The van der Waals surface area contributed by atoms with Gasteiger partial charge in [-0.2, -0.15) is 0 Å². The third kappa shape index (κ3) is 2.88. The summed E-state index contributed by atoms with van der Waals surface area (Å²) in [6.45, 7) is 3.78. The Balaban J connectivity index is 2.47. The molecular weight excluding hydrogens is 262 g/mol. The van der Waals surface area contributed by atoms with E-state index < -0.39 is 5.97 Å². The maximum absolute atomic E-state index is 11.3. The van der Waals surface area contributed by atoms with E-state index in [0.717, 1.165) is 16.8 Å². The number of halogens is 1. The summed E-state index contributed by atoms with van der Waals surface area (Å²) in [5.74, 6) is -0.962. The Hall–Kier alpha value is -2.00. The van der Waals surface area contributed by atoms with E-state index in [-0.39, 0.29) is 5.56 Å². The van der Waals surface area contributed by atoms with Crippen LogP contribution in [-0.2, 0) is 0 Å². The molecule has 0 aromatic heterocycles. The van der Waals surface area contributed by atoms with E-state index in [2.05, 4.69) is 5.32 Å². The van der Waals surface area contributed by atoms with Crippen molar-refractivity contribution in [3.63, 3.8) is 0 Å². The van der Waals surface area contributed by atoms with E-state index in [0.29, 0.717) is 10.7 Å². The average molecular weight is 276 g/mol. The average Bonchev–Trinajstić information content (AvgIpc) is 2.35. The van der Waals surface area contributed by atoms with E-state index in [1.165, 1.54) is 0 Å². The summed E-state index contributed by atoms with van der Waals surface area (Å²) in [6, 6.07) is 10.8. The number of anilines is 2. The van der Waals surface area contributed by atoms with E-state index in [4.69, 9.17) is 11.6 Å². The van der Waals surface area contributed by atoms with Gasteiger partial charge in [-0.15, -0.1) is 0 Å². The number of para-hydroxylation sites is 1. The Kier molecular flexibility index (Phi) is 3.76. The molecule has 0 spiro atoms. The molecule has 2 N–H and O–H groups in total. The lowest BCUT2D eigenvalue weighted by atomic mass is 10.1. The van der Waals surface area contributed by atoms with Gasteiger partial charge in [-0.1, -0.05) is 35.4 Å². The highest BCUT2D eigenvalue weighted by atomic mass is 35.5. The zero-order chi connectivity index (χ0) is 14.0. The van der Waals surface area contributed by atoms with Crippen molar-refractivity contribution in [1.82, 2.24) is 0 Å². The zero-order valence-corrected chi connectivity index (χ0v) is 11.5. The van der Waals surface area contributed by atoms with Gasteiger partial charge in [-0.05, 0) is 37.6 Å². The van der Waals surface area contributed by atoms with Crippen molar-refractivity contribution in [3.8, 4) is 0 Å². The summed E-state index contributed by atoms with van der Waals surface area (Å²) >= 11 is 6.13. The summed E-state index contributed by atoms with van der Waals surface area (Å²) in [6.07, 6.45) is 0. The zero-order valence-electron chi connectivity index (χ0n) is 10.7. The Labute approximate surface area is 116 Å². The maximum atomic E-state index is 11.3. The molecule has 2 rings (SSSR count). The number of carboxylic acid groups (broad SMARTS) is 1. The molecule has 0 bridgehead atoms. The molecule has 0 aliphatic rings. The van der Waals surface area contributed by atoms with Gasteiger partial charge in [-0.25, -0.2) is 4.79 Å². The standard InChI is InChI=1S/C15H14ClNO2/c1-9-6-7-13(11(8-9)15(18)19)17-14-10(2)4-3-5-12(14)16/h3-8,17H,1-2H3,(H,18,19). The van der Waals surface area contributed by atoms with E-state index in [9.17, 15) is 9.90 Å². The van der Waals surface area contributed by atoms with Crippen LogP contribution < -0.4 is 5.32 Å². The summed E-state index contributed by atoms with van der Waals surface area (Å²) in [7, 11) is 0. The lowest BCUT2D eigenvalue weighted by Gasteiger charge is -2.14. The molecular formula is C15H14ClNO2. The predicted molar refractivity (Wildman–Crippen MR) is 77.6 cm³/mol. The largest absolute Gasteiger partial charge is 0.478 e. The van der Waals surface area contributed by atoms with Gasteiger partial charge in [0.1, 0.15) is 0 Å². The van der Waals surface area contributed by atoms with Crippen LogP contribution in [0, 0.1) is 13.8 Å². The number of carboxylic acids is 1. The SMILES string of the molecule is Cc1ccc(Nc2c(C)cccc2Cl)c(C(=O)O)c1. The Morgan fingerprint density at radius 3 is 2.58 bits per heavy atom. The van der Waals surface area contributed by atoms with Crippen LogP contribution in [0.25, 0.3) is 0 Å². The minimum atomic E-state index is -0.962. The number of hydrogen-bond donors (Lipinski definition) is 2. The van der Waals surface area contributed by atoms with Crippen molar-refractivity contribution in [3.05, 3.63) is 58.1 Å². The van der Waals surface area contributed by atoms with Crippen molar-refractivity contribution < 1.29 is 9.90 Å². The van der Waals surface area contributed by atoms with Crippen LogP contribution in [0.3, 0.4) is 0 Å². The molecule has 0 amide bonds. The fourth-order valence-electron chi connectivity index (χ4n) is 1.87. The maximum Gasteiger partial charge on any atom is 0.337 e. The molecule has 2 aromatic carbocycles. The van der Waals surface area contributed by atoms with Gasteiger partial charge < -0.3 is 10.4 Å². The topological polar surface area (TPSA) is 49.3 Å². The minimum absolute atomic E-state index is 0.235. The molecule has 0 saturated carbocycles. The van der Waals surface area contributed by atoms with Gasteiger partial charge in [0.25, 0.3) is 0 Å². The van der Waals surface area contributed by atoms with E-state index in [1.54, 1.807) is 18.2 Å². The van der Waals surface area contributed by atoms with Crippen LogP contribution in [0.4, 0.5) is 11.4 Å². The van der Waals surface area contributed by atoms with Crippen LogP contribution in [-0.4, -0.2) is 11.1 Å². The summed E-state index contributed by atoms with van der Waals surface area (Å²) in [4.78, 5) is 11.3. The molecule has 0 aliphatic heterocycles. The van der Waals surface area contributed by atoms with Crippen LogP contribution in [0.2, 0.25) is 5.02 Å². The first-order valence-electron chi connectivity index (χ1n) is 5.85. The molecule has 2 aromatic rings. The summed E-state index contributed by atoms with van der Waals surface area (Å²) in [5.41, 5.74) is 3.37. The van der Waals surface area contributed by atoms with Gasteiger partial charge in [0.05, 0.1) is 22.0 Å². The first kappa shape index (κ1) is 13.4. The second-order valence-corrected chi connectivity index (χ2v) is 4.82. The van der Waals surface area contributed by atoms with E-state index in [1.807, 2.05) is 32.0 Å². The normalized spacial score (nSPS) is 10.3. The number of benzene rings is 2. The first-order valence-corrected chi connectivity index (χ1v) is 6.23. The third-order valence-corrected chi connectivity index (χ3v) is 3.20. The molecule has 0 fully saturated rings. The van der Waals surface area contributed by atoms with Gasteiger partial charge in [-0.3, -0.25) is 0 Å². The molecule has 0 saturated heterocycles. The lowest BCUT2D eigenvalue weighted by molar-refractivity contribution is 0.0698. The first-order chi connectivity index (χ1) is 8.99.